The highest BCUT2D eigenvalue weighted by atomic mass is 16.7. The van der Waals surface area contributed by atoms with Gasteiger partial charge in [0.05, 0.1) is 17.2 Å². The highest BCUT2D eigenvalue weighted by Gasteiger charge is 2.29. The Hall–Kier alpha value is -2.14. The number of carbonyl (C=O) groups excluding carboxylic acids is 1. The fourth-order valence-corrected chi connectivity index (χ4v) is 2.76. The zero-order valence-electron chi connectivity index (χ0n) is 14.6. The molecule has 1 saturated heterocycles. The summed E-state index contributed by atoms with van der Waals surface area (Å²) in [4.78, 5) is 17.4. The lowest BCUT2D eigenvalue weighted by molar-refractivity contribution is -0.205. The van der Waals surface area contributed by atoms with E-state index in [4.69, 9.17) is 9.94 Å². The molecule has 1 aliphatic rings. The van der Waals surface area contributed by atoms with E-state index in [2.05, 4.69) is 18.2 Å². The van der Waals surface area contributed by atoms with Crippen LogP contribution in [0.3, 0.4) is 0 Å². The van der Waals surface area contributed by atoms with Crippen LogP contribution < -0.4 is 0 Å². The predicted octanol–water partition coefficient (Wildman–Crippen LogP) is 3.69. The predicted molar refractivity (Wildman–Crippen MR) is 93.1 cm³/mol. The number of hydroxylamine groups is 2. The van der Waals surface area contributed by atoms with Crippen molar-refractivity contribution in [1.82, 2.24) is 14.8 Å². The van der Waals surface area contributed by atoms with E-state index in [1.807, 2.05) is 49.8 Å². The lowest BCUT2D eigenvalue weighted by atomic mass is 9.98. The molecule has 3 rings (SSSR count). The summed E-state index contributed by atoms with van der Waals surface area (Å²) in [5.74, 6) is -0.175. The van der Waals surface area contributed by atoms with Crippen LogP contribution in [0.25, 0.3) is 11.3 Å². The molecule has 0 spiro atoms. The van der Waals surface area contributed by atoms with Crippen LogP contribution in [0.15, 0.2) is 42.6 Å². The normalized spacial score (nSPS) is 17.0. The molecule has 0 amide bonds. The van der Waals surface area contributed by atoms with Crippen molar-refractivity contribution in [3.63, 3.8) is 0 Å². The van der Waals surface area contributed by atoms with Crippen molar-refractivity contribution in [2.45, 2.75) is 39.7 Å². The monoisotopic (exact) mass is 327 g/mol. The van der Waals surface area contributed by atoms with E-state index in [1.54, 1.807) is 5.06 Å². The maximum Gasteiger partial charge on any atom is 0.330 e. The zero-order chi connectivity index (χ0) is 17.2. The van der Waals surface area contributed by atoms with Crippen LogP contribution in [0.2, 0.25) is 0 Å². The van der Waals surface area contributed by atoms with Gasteiger partial charge in [0.2, 0.25) is 0 Å². The molecule has 128 valence electrons. The van der Waals surface area contributed by atoms with Crippen LogP contribution in [-0.4, -0.2) is 33.9 Å². The third-order valence-corrected chi connectivity index (χ3v) is 4.30. The van der Waals surface area contributed by atoms with Gasteiger partial charge in [0, 0.05) is 24.8 Å². The average Bonchev–Trinajstić information content (AvgIpc) is 3.05. The quantitative estimate of drug-likeness (QED) is 0.862. The molecular weight excluding hydrogens is 302 g/mol. The van der Waals surface area contributed by atoms with Crippen molar-refractivity contribution in [2.24, 2.45) is 5.41 Å². The average molecular weight is 327 g/mol. The number of nitrogens with zero attached hydrogens (tertiary/aromatic N) is 3. The van der Waals surface area contributed by atoms with Crippen molar-refractivity contribution in [3.8, 4) is 11.3 Å². The second kappa shape index (κ2) is 6.77. The van der Waals surface area contributed by atoms with E-state index in [9.17, 15) is 4.79 Å². The molecule has 0 saturated carbocycles. The van der Waals surface area contributed by atoms with E-state index in [1.165, 1.54) is 0 Å². The summed E-state index contributed by atoms with van der Waals surface area (Å²) in [6, 6.07) is 12.6. The summed E-state index contributed by atoms with van der Waals surface area (Å²) in [5.41, 5.74) is 1.66. The first-order valence-corrected chi connectivity index (χ1v) is 8.51. The van der Waals surface area contributed by atoms with Gasteiger partial charge in [-0.1, -0.05) is 30.3 Å². The smallest absolute Gasteiger partial charge is 0.330 e. The van der Waals surface area contributed by atoms with E-state index in [0.29, 0.717) is 6.04 Å². The third kappa shape index (κ3) is 3.85. The molecule has 1 aromatic carbocycles. The first kappa shape index (κ1) is 16.7. The number of aromatic nitrogens is 2. The van der Waals surface area contributed by atoms with Crippen molar-refractivity contribution in [3.05, 3.63) is 42.6 Å². The van der Waals surface area contributed by atoms with Crippen LogP contribution in [0.4, 0.5) is 0 Å². The summed E-state index contributed by atoms with van der Waals surface area (Å²) in [7, 11) is 0. The minimum absolute atomic E-state index is 0.175. The van der Waals surface area contributed by atoms with E-state index < -0.39 is 5.41 Å². The molecule has 1 aromatic heterocycles. The summed E-state index contributed by atoms with van der Waals surface area (Å²) < 4.78 is 2.05. The van der Waals surface area contributed by atoms with Gasteiger partial charge < -0.3 is 4.84 Å². The summed E-state index contributed by atoms with van der Waals surface area (Å²) >= 11 is 0. The lowest BCUT2D eigenvalue weighted by Crippen LogP contribution is -2.39. The number of piperidine rings is 1. The number of hydrogen-bond acceptors (Lipinski definition) is 4. The molecule has 0 atom stereocenters. The largest absolute Gasteiger partial charge is 0.367 e. The molecule has 2 aromatic rings. The second-order valence-electron chi connectivity index (χ2n) is 7.34. The van der Waals surface area contributed by atoms with Gasteiger partial charge in [-0.2, -0.15) is 5.10 Å². The Labute approximate surface area is 143 Å². The van der Waals surface area contributed by atoms with Gasteiger partial charge in [0.1, 0.15) is 0 Å². The number of hydrogen-bond donors (Lipinski definition) is 0. The Balaban J connectivity index is 1.58. The molecule has 5 nitrogen and oxygen atoms in total. The molecule has 0 bridgehead atoms. The van der Waals surface area contributed by atoms with Crippen LogP contribution in [-0.2, 0) is 9.63 Å². The molecule has 0 unspecified atom stereocenters. The van der Waals surface area contributed by atoms with Gasteiger partial charge >= 0.3 is 5.97 Å². The Kier molecular flexibility index (Phi) is 4.71. The molecule has 0 N–H and O–H groups in total. The molecular formula is C19H25N3O2. The molecule has 0 aliphatic carbocycles. The van der Waals surface area contributed by atoms with Crippen molar-refractivity contribution in [1.29, 1.82) is 0 Å². The standard InChI is InChI=1S/C19H25N3O2/c1-19(2,3)18(23)24-21-12-9-16(10-13-21)22-14-11-17(20-22)15-7-5-4-6-8-15/h4-8,11,14,16H,9-10,12-13H2,1-3H3. The Morgan fingerprint density at radius 3 is 2.42 bits per heavy atom. The highest BCUT2D eigenvalue weighted by molar-refractivity contribution is 5.75. The Morgan fingerprint density at radius 1 is 1.12 bits per heavy atom. The maximum atomic E-state index is 12.0. The number of rotatable bonds is 3. The fraction of sp³-hybridized carbons (Fsp3) is 0.474. The molecule has 1 fully saturated rings. The van der Waals surface area contributed by atoms with Crippen LogP contribution in [0.5, 0.6) is 0 Å². The van der Waals surface area contributed by atoms with Gasteiger partial charge in [0.25, 0.3) is 0 Å². The van der Waals surface area contributed by atoms with Crippen LogP contribution >= 0.6 is 0 Å². The Bertz CT molecular complexity index is 680. The maximum absolute atomic E-state index is 12.0. The molecule has 2 heterocycles. The summed E-state index contributed by atoms with van der Waals surface area (Å²) in [6.07, 6.45) is 3.89. The minimum atomic E-state index is -0.469. The topological polar surface area (TPSA) is 47.4 Å². The highest BCUT2D eigenvalue weighted by Crippen LogP contribution is 2.25. The second-order valence-corrected chi connectivity index (χ2v) is 7.34. The number of carbonyl (C=O) groups is 1. The van der Waals surface area contributed by atoms with E-state index >= 15 is 0 Å². The minimum Gasteiger partial charge on any atom is -0.367 e. The first-order chi connectivity index (χ1) is 11.4. The van der Waals surface area contributed by atoms with Crippen LogP contribution in [0.1, 0.15) is 39.7 Å². The molecule has 0 radical (unpaired) electrons. The summed E-state index contributed by atoms with van der Waals surface area (Å²) in [6.45, 7) is 7.10. The van der Waals surface area contributed by atoms with Gasteiger partial charge in [-0.05, 0) is 39.7 Å². The third-order valence-electron chi connectivity index (χ3n) is 4.30. The van der Waals surface area contributed by atoms with Crippen LogP contribution in [0, 0.1) is 5.41 Å². The van der Waals surface area contributed by atoms with Crippen molar-refractivity contribution < 1.29 is 9.63 Å². The van der Waals surface area contributed by atoms with Gasteiger partial charge in [-0.3, -0.25) is 4.68 Å². The number of benzene rings is 1. The van der Waals surface area contributed by atoms with Crippen molar-refractivity contribution >= 4 is 5.97 Å². The Morgan fingerprint density at radius 2 is 1.79 bits per heavy atom. The fourth-order valence-electron chi connectivity index (χ4n) is 2.76. The van der Waals surface area contributed by atoms with Gasteiger partial charge in [-0.15, -0.1) is 5.06 Å². The summed E-state index contributed by atoms with van der Waals surface area (Å²) in [5, 5.41) is 6.50. The zero-order valence-corrected chi connectivity index (χ0v) is 14.6. The molecule has 1 aliphatic heterocycles. The molecule has 24 heavy (non-hydrogen) atoms. The van der Waals surface area contributed by atoms with Gasteiger partial charge in [-0.25, -0.2) is 4.79 Å². The molecule has 5 heteroatoms. The lowest BCUT2D eigenvalue weighted by Gasteiger charge is -2.32. The SMILES string of the molecule is CC(C)(C)C(=O)ON1CCC(n2ccc(-c3ccccc3)n2)CC1. The van der Waals surface area contributed by atoms with E-state index in [0.717, 1.165) is 37.2 Å². The van der Waals surface area contributed by atoms with Gasteiger partial charge in [0.15, 0.2) is 0 Å². The van der Waals surface area contributed by atoms with E-state index in [-0.39, 0.29) is 5.97 Å². The first-order valence-electron chi connectivity index (χ1n) is 8.51. The van der Waals surface area contributed by atoms with Crippen molar-refractivity contribution in [2.75, 3.05) is 13.1 Å².